The van der Waals surface area contributed by atoms with Gasteiger partial charge in [0.2, 0.25) is 0 Å². The van der Waals surface area contributed by atoms with Crippen LogP contribution in [0.15, 0.2) is 42.3 Å². The lowest BCUT2D eigenvalue weighted by Crippen LogP contribution is -2.49. The van der Waals surface area contributed by atoms with E-state index in [9.17, 15) is 18.0 Å². The molecular formula is C30H39F3N4O2. The van der Waals surface area contributed by atoms with Gasteiger partial charge in [-0.1, -0.05) is 19.1 Å². The third kappa shape index (κ3) is 5.61. The van der Waals surface area contributed by atoms with Gasteiger partial charge in [0.25, 0.3) is 0 Å². The van der Waals surface area contributed by atoms with E-state index >= 15 is 0 Å². The maximum absolute atomic E-state index is 13.3. The third-order valence-corrected chi connectivity index (χ3v) is 8.30. The third-order valence-electron chi connectivity index (χ3n) is 8.30. The number of fused-ring (bicyclic) bond motifs is 2. The normalized spacial score (nSPS) is 23.4. The van der Waals surface area contributed by atoms with E-state index < -0.39 is 12.7 Å². The molecule has 0 aromatic carbocycles. The fourth-order valence-electron chi connectivity index (χ4n) is 6.39. The van der Waals surface area contributed by atoms with Crippen molar-refractivity contribution in [3.63, 3.8) is 0 Å². The van der Waals surface area contributed by atoms with Gasteiger partial charge in [-0.3, -0.25) is 9.80 Å². The second kappa shape index (κ2) is 10.7. The first-order chi connectivity index (χ1) is 18.4. The molecule has 0 spiro atoms. The molecule has 3 aliphatic rings. The average molecular weight is 545 g/mol. The predicted molar refractivity (Wildman–Crippen MR) is 146 cm³/mol. The van der Waals surface area contributed by atoms with Crippen molar-refractivity contribution in [2.45, 2.75) is 65.4 Å². The Bertz CT molecular complexity index is 1290. The SMILES string of the molecule is Cc1c(C(=O)OC(C)C)cc2c(C3CC=C4C=CC(C)CN43)ccn2c1C(C)N1CCN(CC(F)(F)F)CC1. The van der Waals surface area contributed by atoms with Crippen LogP contribution in [0.4, 0.5) is 13.2 Å². The van der Waals surface area contributed by atoms with Gasteiger partial charge in [-0.2, -0.15) is 13.2 Å². The Balaban J connectivity index is 1.52. The molecule has 0 bridgehead atoms. The molecule has 9 heteroatoms. The van der Waals surface area contributed by atoms with Gasteiger partial charge >= 0.3 is 12.1 Å². The molecule has 212 valence electrons. The molecule has 1 saturated heterocycles. The molecule has 5 heterocycles. The number of allylic oxidation sites excluding steroid dienone is 1. The van der Waals surface area contributed by atoms with Gasteiger partial charge in [0.1, 0.15) is 0 Å². The van der Waals surface area contributed by atoms with Crippen LogP contribution in [-0.2, 0) is 4.74 Å². The zero-order chi connectivity index (χ0) is 28.1. The summed E-state index contributed by atoms with van der Waals surface area (Å²) in [4.78, 5) is 19.4. The molecule has 2 aromatic rings. The first-order valence-electron chi connectivity index (χ1n) is 14.0. The first-order valence-corrected chi connectivity index (χ1v) is 14.0. The van der Waals surface area contributed by atoms with Crippen molar-refractivity contribution >= 4 is 11.5 Å². The zero-order valence-corrected chi connectivity index (χ0v) is 23.5. The van der Waals surface area contributed by atoms with Crippen LogP contribution in [0.2, 0.25) is 0 Å². The number of hydrogen-bond donors (Lipinski definition) is 0. The number of pyridine rings is 1. The predicted octanol–water partition coefficient (Wildman–Crippen LogP) is 5.89. The largest absolute Gasteiger partial charge is 0.459 e. The van der Waals surface area contributed by atoms with Crippen molar-refractivity contribution < 1.29 is 22.7 Å². The second-order valence-corrected chi connectivity index (χ2v) is 11.5. The summed E-state index contributed by atoms with van der Waals surface area (Å²) in [5.41, 5.74) is 5.78. The molecule has 3 aliphatic heterocycles. The minimum atomic E-state index is -4.19. The Labute approximate surface area is 228 Å². The highest BCUT2D eigenvalue weighted by atomic mass is 19.4. The van der Waals surface area contributed by atoms with Crippen molar-refractivity contribution in [3.05, 3.63) is 64.6 Å². The quantitative estimate of drug-likeness (QED) is 0.424. The number of piperazine rings is 1. The van der Waals surface area contributed by atoms with Crippen LogP contribution in [-0.4, -0.2) is 76.6 Å². The van der Waals surface area contributed by atoms with E-state index in [1.54, 1.807) is 0 Å². The fraction of sp³-hybridized carbons (Fsp3) is 0.567. The molecule has 0 aliphatic carbocycles. The highest BCUT2D eigenvalue weighted by Gasteiger charge is 2.35. The van der Waals surface area contributed by atoms with Crippen LogP contribution in [0.5, 0.6) is 0 Å². The summed E-state index contributed by atoms with van der Waals surface area (Å²) in [6.07, 6.45) is 5.28. The van der Waals surface area contributed by atoms with Crippen molar-refractivity contribution in [2.24, 2.45) is 5.92 Å². The highest BCUT2D eigenvalue weighted by molar-refractivity contribution is 5.93. The zero-order valence-electron chi connectivity index (χ0n) is 23.5. The van der Waals surface area contributed by atoms with Crippen molar-refractivity contribution in [1.29, 1.82) is 0 Å². The molecule has 39 heavy (non-hydrogen) atoms. The highest BCUT2D eigenvalue weighted by Crippen LogP contribution is 2.41. The van der Waals surface area contributed by atoms with E-state index in [1.807, 2.05) is 26.8 Å². The summed E-state index contributed by atoms with van der Waals surface area (Å²) in [6.45, 7) is 11.8. The first kappa shape index (κ1) is 27.8. The van der Waals surface area contributed by atoms with E-state index in [1.165, 1.54) is 16.2 Å². The van der Waals surface area contributed by atoms with Gasteiger partial charge in [0, 0.05) is 61.9 Å². The van der Waals surface area contributed by atoms with Gasteiger partial charge in [-0.25, -0.2) is 4.79 Å². The molecule has 0 saturated carbocycles. The number of carbonyl (C=O) groups excluding carboxylic acids is 1. The van der Waals surface area contributed by atoms with E-state index in [-0.39, 0.29) is 24.2 Å². The number of esters is 1. The Morgan fingerprint density at radius 1 is 1.15 bits per heavy atom. The van der Waals surface area contributed by atoms with Gasteiger partial charge in [0.15, 0.2) is 0 Å². The molecule has 1 fully saturated rings. The molecule has 3 unspecified atom stereocenters. The number of alkyl halides is 3. The minimum Gasteiger partial charge on any atom is -0.459 e. The van der Waals surface area contributed by atoms with Gasteiger partial charge in [0.05, 0.1) is 29.8 Å². The second-order valence-electron chi connectivity index (χ2n) is 11.5. The summed E-state index contributed by atoms with van der Waals surface area (Å²) in [6, 6.07) is 4.22. The summed E-state index contributed by atoms with van der Waals surface area (Å²) in [5, 5.41) is 0. The molecule has 2 aromatic heterocycles. The van der Waals surface area contributed by atoms with Crippen LogP contribution in [0.25, 0.3) is 5.52 Å². The maximum Gasteiger partial charge on any atom is 0.401 e. The number of nitrogens with zero attached hydrogens (tertiary/aromatic N) is 4. The van der Waals surface area contributed by atoms with E-state index in [2.05, 4.69) is 58.5 Å². The molecule has 5 rings (SSSR count). The number of ether oxygens (including phenoxy) is 1. The molecule has 0 radical (unpaired) electrons. The van der Waals surface area contributed by atoms with Crippen LogP contribution >= 0.6 is 0 Å². The van der Waals surface area contributed by atoms with E-state index in [0.29, 0.717) is 37.7 Å². The molecule has 6 nitrogen and oxygen atoms in total. The molecule has 3 atom stereocenters. The van der Waals surface area contributed by atoms with Crippen LogP contribution in [0.1, 0.15) is 73.4 Å². The summed E-state index contributed by atoms with van der Waals surface area (Å²) < 4.78 is 46.7. The fourth-order valence-corrected chi connectivity index (χ4v) is 6.39. The van der Waals surface area contributed by atoms with E-state index in [4.69, 9.17) is 4.74 Å². The standard InChI is InChI=1S/C30H39F3N4O2/c1-19(2)39-29(38)25-16-27-24(26-9-8-23-7-6-20(3)17-37(23)26)10-11-36(27)28(21(25)4)22(5)35-14-12-34(13-15-35)18-30(31,32)33/h6-8,10-11,16,19-20,22,26H,9,12-15,17-18H2,1-5H3. The number of hydrogen-bond acceptors (Lipinski definition) is 5. The van der Waals surface area contributed by atoms with Crippen LogP contribution < -0.4 is 0 Å². The smallest absolute Gasteiger partial charge is 0.401 e. The van der Waals surface area contributed by atoms with Crippen LogP contribution in [0.3, 0.4) is 0 Å². The lowest BCUT2D eigenvalue weighted by Gasteiger charge is -2.39. The van der Waals surface area contributed by atoms with Gasteiger partial charge in [-0.05, 0) is 63.8 Å². The summed E-state index contributed by atoms with van der Waals surface area (Å²) in [5.74, 6) is 0.113. The summed E-state index contributed by atoms with van der Waals surface area (Å²) >= 11 is 0. The Kier molecular flexibility index (Phi) is 7.59. The van der Waals surface area contributed by atoms with Gasteiger partial charge < -0.3 is 14.0 Å². The monoisotopic (exact) mass is 544 g/mol. The maximum atomic E-state index is 13.3. The van der Waals surface area contributed by atoms with Gasteiger partial charge in [-0.15, -0.1) is 0 Å². The molecule has 0 amide bonds. The van der Waals surface area contributed by atoms with E-state index in [0.717, 1.165) is 29.7 Å². The van der Waals surface area contributed by atoms with Crippen LogP contribution in [0, 0.1) is 12.8 Å². The summed E-state index contributed by atoms with van der Waals surface area (Å²) in [7, 11) is 0. The number of halogens is 3. The molecular weight excluding hydrogens is 505 g/mol. The van der Waals surface area contributed by atoms with Crippen molar-refractivity contribution in [2.75, 3.05) is 39.3 Å². The number of aromatic nitrogens is 1. The number of rotatable bonds is 6. The lowest BCUT2D eigenvalue weighted by molar-refractivity contribution is -0.149. The van der Waals surface area contributed by atoms with Crippen molar-refractivity contribution in [3.8, 4) is 0 Å². The topological polar surface area (TPSA) is 40.4 Å². The minimum absolute atomic E-state index is 0.0946. The number of carbonyl (C=O) groups is 1. The lowest BCUT2D eigenvalue weighted by atomic mass is 9.98. The Morgan fingerprint density at radius 3 is 2.54 bits per heavy atom. The Morgan fingerprint density at radius 2 is 1.87 bits per heavy atom. The average Bonchev–Trinajstić information content (AvgIpc) is 3.45. The van der Waals surface area contributed by atoms with Crippen molar-refractivity contribution in [1.82, 2.24) is 19.1 Å². The Hall–Kier alpha value is -2.78. The molecule has 0 N–H and O–H groups in total.